The monoisotopic (exact) mass is 865 g/mol. The summed E-state index contributed by atoms with van der Waals surface area (Å²) in [6.07, 6.45) is 5.19. The van der Waals surface area contributed by atoms with Crippen LogP contribution in [0.1, 0.15) is 169 Å². The quantitative estimate of drug-likeness (QED) is 0.0334. The number of unbranched alkanes of at least 4 members (excludes halogenated alkanes) is 14. The number of hydrogen-bond acceptors (Lipinski definition) is 15. The molecule has 0 aromatic carbocycles. The normalized spacial score (nSPS) is 28.6. The Hall–Kier alpha value is -1.50. The topological polar surface area (TPSA) is 231 Å². The van der Waals surface area contributed by atoms with Gasteiger partial charge in [0.05, 0.1) is 13.2 Å². The number of esters is 2. The van der Waals surface area contributed by atoms with Gasteiger partial charge in [-0.15, -0.1) is 0 Å². The predicted octanol–water partition coefficient (Wildman–Crippen LogP) is 4.98. The molecule has 2 saturated heterocycles. The molecule has 0 spiro atoms. The van der Waals surface area contributed by atoms with Crippen LogP contribution in [0.25, 0.3) is 0 Å². The average molecular weight is 865 g/mol. The van der Waals surface area contributed by atoms with Gasteiger partial charge in [0.2, 0.25) is 0 Å². The molecule has 2 fully saturated rings. The number of aliphatic hydroxyl groups excluding tert-OH is 7. The highest BCUT2D eigenvalue weighted by molar-refractivity contribution is 5.69. The van der Waals surface area contributed by atoms with Crippen molar-refractivity contribution in [2.75, 3.05) is 26.4 Å². The lowest BCUT2D eigenvalue weighted by Crippen LogP contribution is -2.65. The van der Waals surface area contributed by atoms with Crippen LogP contribution in [0.2, 0.25) is 0 Å². The van der Waals surface area contributed by atoms with Crippen LogP contribution >= 0.6 is 0 Å². The van der Waals surface area contributed by atoms with Crippen LogP contribution < -0.4 is 0 Å². The molecule has 3 unspecified atom stereocenters. The van der Waals surface area contributed by atoms with E-state index in [-0.39, 0.29) is 19.4 Å². The third-order valence-corrected chi connectivity index (χ3v) is 12.1. The minimum atomic E-state index is -1.83. The summed E-state index contributed by atoms with van der Waals surface area (Å²) < 4.78 is 33.2. The Bertz CT molecular complexity index is 1100. The summed E-state index contributed by atoms with van der Waals surface area (Å²) in [7, 11) is 0. The van der Waals surface area contributed by atoms with Gasteiger partial charge in [0.1, 0.15) is 68.1 Å². The fourth-order valence-corrected chi connectivity index (χ4v) is 7.49. The molecule has 0 aromatic rings. The third kappa shape index (κ3) is 21.7. The Labute approximate surface area is 359 Å². The summed E-state index contributed by atoms with van der Waals surface area (Å²) >= 11 is 0. The summed E-state index contributed by atoms with van der Waals surface area (Å²) in [6.45, 7) is 7.04. The van der Waals surface area contributed by atoms with Gasteiger partial charge >= 0.3 is 11.9 Å². The van der Waals surface area contributed by atoms with Crippen molar-refractivity contribution in [1.29, 1.82) is 0 Å². The molecule has 13 atom stereocenters. The fourth-order valence-electron chi connectivity index (χ4n) is 7.49. The van der Waals surface area contributed by atoms with Crippen LogP contribution in [0, 0.1) is 11.8 Å². The van der Waals surface area contributed by atoms with Crippen LogP contribution in [0.4, 0.5) is 0 Å². The Kier molecular flexibility index (Phi) is 29.3. The second kappa shape index (κ2) is 32.2. The van der Waals surface area contributed by atoms with Gasteiger partial charge in [-0.05, 0) is 24.7 Å². The number of ether oxygens (including phenoxy) is 6. The molecule has 60 heavy (non-hydrogen) atoms. The highest BCUT2D eigenvalue weighted by atomic mass is 16.7. The molecule has 0 saturated carbocycles. The van der Waals surface area contributed by atoms with E-state index in [1.807, 2.05) is 0 Å². The SMILES string of the molecule is CCC(C)CCCCCCCCCCC(=O)OCC(O)CO[C@H]1O[C@H](COC(=O)CCCCCCCCCCC(C)CC)[C@@H](O)[C@H](O[C@H]2O[C@H](CO)[C@@H](O)[C@H](O)[C@@H]2O)[C@@H]1O. The molecule has 2 heterocycles. The lowest BCUT2D eigenvalue weighted by molar-refractivity contribution is -0.361. The maximum atomic E-state index is 12.7. The maximum Gasteiger partial charge on any atom is 0.305 e. The van der Waals surface area contributed by atoms with Gasteiger partial charge in [0.25, 0.3) is 0 Å². The molecular formula is C45H84O15. The summed E-state index contributed by atoms with van der Waals surface area (Å²) in [6, 6.07) is 0. The molecule has 0 radical (unpaired) electrons. The van der Waals surface area contributed by atoms with Crippen molar-refractivity contribution in [3.63, 3.8) is 0 Å². The Morgan fingerprint density at radius 3 is 1.52 bits per heavy atom. The van der Waals surface area contributed by atoms with Gasteiger partial charge in [0.15, 0.2) is 12.6 Å². The molecule has 2 aliphatic heterocycles. The molecule has 0 aliphatic carbocycles. The Morgan fingerprint density at radius 1 is 0.550 bits per heavy atom. The van der Waals surface area contributed by atoms with E-state index in [9.17, 15) is 45.3 Å². The zero-order valence-corrected chi connectivity index (χ0v) is 37.3. The van der Waals surface area contributed by atoms with E-state index in [0.29, 0.717) is 12.8 Å². The zero-order valence-electron chi connectivity index (χ0n) is 37.3. The average Bonchev–Trinajstić information content (AvgIpc) is 3.24. The predicted molar refractivity (Wildman–Crippen MR) is 224 cm³/mol. The summed E-state index contributed by atoms with van der Waals surface area (Å²) in [5.74, 6) is 0.623. The van der Waals surface area contributed by atoms with Gasteiger partial charge in [0, 0.05) is 12.8 Å². The minimum Gasteiger partial charge on any atom is -0.463 e. The van der Waals surface area contributed by atoms with Gasteiger partial charge in [-0.2, -0.15) is 0 Å². The van der Waals surface area contributed by atoms with Crippen LogP contribution in [-0.4, -0.2) is 142 Å². The van der Waals surface area contributed by atoms with Gasteiger partial charge in [-0.1, -0.05) is 143 Å². The van der Waals surface area contributed by atoms with Gasteiger partial charge < -0.3 is 64.2 Å². The van der Waals surface area contributed by atoms with Crippen LogP contribution in [0.3, 0.4) is 0 Å². The minimum absolute atomic E-state index is 0.161. The van der Waals surface area contributed by atoms with E-state index >= 15 is 0 Å². The third-order valence-electron chi connectivity index (χ3n) is 12.1. The van der Waals surface area contributed by atoms with E-state index in [2.05, 4.69) is 27.7 Å². The highest BCUT2D eigenvalue weighted by Gasteiger charge is 2.51. The molecule has 15 heteroatoms. The Morgan fingerprint density at radius 2 is 1.02 bits per heavy atom. The lowest BCUT2D eigenvalue weighted by Gasteiger charge is -2.46. The highest BCUT2D eigenvalue weighted by Crippen LogP contribution is 2.30. The van der Waals surface area contributed by atoms with E-state index in [1.165, 1.54) is 77.0 Å². The van der Waals surface area contributed by atoms with Crippen LogP contribution in [0.5, 0.6) is 0 Å². The number of carbonyl (C=O) groups is 2. The summed E-state index contributed by atoms with van der Waals surface area (Å²) in [4.78, 5) is 25.0. The van der Waals surface area contributed by atoms with Gasteiger partial charge in [-0.25, -0.2) is 0 Å². The van der Waals surface area contributed by atoms with Crippen molar-refractivity contribution in [2.45, 2.75) is 236 Å². The standard InChI is InChI=1S/C45H84O15/c1-5-31(3)23-19-15-11-7-9-13-17-21-25-36(48)55-28-33(47)29-57-44-42(54)43(60-45-41(53)40(52)38(50)34(27-46)58-45)39(51)35(59-44)30-56-37(49)26-22-18-14-10-8-12-16-20-24-32(4)6-2/h31-35,38-47,50-54H,5-30H2,1-4H3/t31?,32?,33?,34-,35-,38-,39-,40+,41+,42+,43+,44+,45-/m1/s1. The summed E-state index contributed by atoms with van der Waals surface area (Å²) in [5, 5.41) is 73.6. The molecule has 2 rings (SSSR count). The van der Waals surface area contributed by atoms with Crippen LogP contribution in [-0.2, 0) is 38.0 Å². The first kappa shape index (κ1) is 54.6. The molecule has 0 aromatic heterocycles. The molecular weight excluding hydrogens is 780 g/mol. The largest absolute Gasteiger partial charge is 0.463 e. The molecule has 15 nitrogen and oxygen atoms in total. The first-order valence-corrected chi connectivity index (χ1v) is 23.4. The van der Waals surface area contributed by atoms with Gasteiger partial charge in [-0.3, -0.25) is 9.59 Å². The molecule has 7 N–H and O–H groups in total. The van der Waals surface area contributed by atoms with Crippen molar-refractivity contribution in [2.24, 2.45) is 11.8 Å². The Balaban J connectivity index is 1.82. The van der Waals surface area contributed by atoms with Crippen LogP contribution in [0.15, 0.2) is 0 Å². The van der Waals surface area contributed by atoms with E-state index < -0.39 is 99.3 Å². The van der Waals surface area contributed by atoms with E-state index in [0.717, 1.165) is 50.4 Å². The molecule has 0 amide bonds. The molecule has 0 bridgehead atoms. The summed E-state index contributed by atoms with van der Waals surface area (Å²) in [5.41, 5.74) is 0. The lowest BCUT2D eigenvalue weighted by atomic mass is 9.97. The van der Waals surface area contributed by atoms with Crippen molar-refractivity contribution >= 4 is 11.9 Å². The first-order valence-electron chi connectivity index (χ1n) is 23.4. The van der Waals surface area contributed by atoms with E-state index in [1.54, 1.807) is 0 Å². The van der Waals surface area contributed by atoms with E-state index in [4.69, 9.17) is 28.4 Å². The molecule has 2 aliphatic rings. The van der Waals surface area contributed by atoms with Crippen molar-refractivity contribution in [3.05, 3.63) is 0 Å². The smallest absolute Gasteiger partial charge is 0.305 e. The first-order chi connectivity index (χ1) is 28.8. The zero-order chi connectivity index (χ0) is 44.3. The number of rotatable bonds is 34. The second-order valence-corrected chi connectivity index (χ2v) is 17.4. The second-order valence-electron chi connectivity index (χ2n) is 17.4. The number of hydrogen-bond donors (Lipinski definition) is 7. The number of aliphatic hydroxyl groups is 7. The maximum absolute atomic E-state index is 12.7. The van der Waals surface area contributed by atoms with Crippen molar-refractivity contribution in [3.8, 4) is 0 Å². The molecule has 354 valence electrons. The number of carbonyl (C=O) groups excluding carboxylic acids is 2. The van der Waals surface area contributed by atoms with Crippen molar-refractivity contribution < 1.29 is 73.8 Å². The fraction of sp³-hybridized carbons (Fsp3) is 0.956. The van der Waals surface area contributed by atoms with Crippen molar-refractivity contribution in [1.82, 2.24) is 0 Å².